The number of nitro groups is 1. The first-order valence-corrected chi connectivity index (χ1v) is 7.07. The van der Waals surface area contributed by atoms with Gasteiger partial charge in [0.25, 0.3) is 11.6 Å². The van der Waals surface area contributed by atoms with E-state index in [0.29, 0.717) is 11.5 Å². The molecule has 0 bridgehead atoms. The van der Waals surface area contributed by atoms with Gasteiger partial charge in [0, 0.05) is 12.6 Å². The summed E-state index contributed by atoms with van der Waals surface area (Å²) < 4.78 is 15.3. The molecule has 1 aliphatic heterocycles. The predicted octanol–water partition coefficient (Wildman–Crippen LogP) is 2.26. The van der Waals surface area contributed by atoms with Gasteiger partial charge in [0.1, 0.15) is 11.3 Å². The van der Waals surface area contributed by atoms with Gasteiger partial charge in [0.05, 0.1) is 18.1 Å². The first kappa shape index (κ1) is 15.6. The largest absolute Gasteiger partial charge is 0.497 e. The fourth-order valence-corrected chi connectivity index (χ4v) is 2.29. The van der Waals surface area contributed by atoms with Gasteiger partial charge >= 0.3 is 0 Å². The summed E-state index contributed by atoms with van der Waals surface area (Å²) >= 11 is 0. The molecule has 0 unspecified atom stereocenters. The van der Waals surface area contributed by atoms with Crippen LogP contribution in [-0.4, -0.2) is 24.7 Å². The van der Waals surface area contributed by atoms with Crippen molar-refractivity contribution in [2.24, 2.45) is 0 Å². The Morgan fingerprint density at radius 2 is 1.92 bits per heavy atom. The van der Waals surface area contributed by atoms with Crippen LogP contribution in [0.5, 0.6) is 17.2 Å². The van der Waals surface area contributed by atoms with Crippen LogP contribution in [0.2, 0.25) is 0 Å². The van der Waals surface area contributed by atoms with Crippen LogP contribution in [0.15, 0.2) is 36.4 Å². The SMILES string of the molecule is COc1ccc(CNC(=O)c2cc3c(cc2[N+](=O)[O-])OCO3)cc1. The molecule has 8 nitrogen and oxygen atoms in total. The number of hydrogen-bond acceptors (Lipinski definition) is 6. The highest BCUT2D eigenvalue weighted by atomic mass is 16.7. The number of nitro benzene ring substituents is 1. The molecule has 0 aliphatic carbocycles. The molecule has 2 aromatic rings. The number of amides is 1. The summed E-state index contributed by atoms with van der Waals surface area (Å²) in [6, 6.07) is 9.66. The third-order valence-electron chi connectivity index (χ3n) is 3.54. The molecule has 0 aromatic heterocycles. The monoisotopic (exact) mass is 330 g/mol. The van der Waals surface area contributed by atoms with E-state index in [9.17, 15) is 14.9 Å². The number of rotatable bonds is 5. The van der Waals surface area contributed by atoms with Crippen LogP contribution in [0.3, 0.4) is 0 Å². The topological polar surface area (TPSA) is 99.9 Å². The Bertz CT molecular complexity index is 788. The predicted molar refractivity (Wildman–Crippen MR) is 83.4 cm³/mol. The van der Waals surface area contributed by atoms with Gasteiger partial charge in [0.2, 0.25) is 6.79 Å². The van der Waals surface area contributed by atoms with Gasteiger partial charge in [-0.3, -0.25) is 14.9 Å². The van der Waals surface area contributed by atoms with Crippen molar-refractivity contribution >= 4 is 11.6 Å². The second kappa shape index (κ2) is 6.45. The summed E-state index contributed by atoms with van der Waals surface area (Å²) in [5.41, 5.74) is 0.441. The van der Waals surface area contributed by atoms with Crippen molar-refractivity contribution in [3.8, 4) is 17.2 Å². The van der Waals surface area contributed by atoms with Gasteiger partial charge in [-0.15, -0.1) is 0 Å². The summed E-state index contributed by atoms with van der Waals surface area (Å²) in [6.07, 6.45) is 0. The van der Waals surface area contributed by atoms with Crippen LogP contribution in [-0.2, 0) is 6.54 Å². The fraction of sp³-hybridized carbons (Fsp3) is 0.188. The lowest BCUT2D eigenvalue weighted by atomic mass is 10.1. The molecule has 1 amide bonds. The van der Waals surface area contributed by atoms with Crippen molar-refractivity contribution in [1.29, 1.82) is 0 Å². The van der Waals surface area contributed by atoms with E-state index in [1.165, 1.54) is 12.1 Å². The fourth-order valence-electron chi connectivity index (χ4n) is 2.29. The maximum Gasteiger partial charge on any atom is 0.286 e. The summed E-state index contributed by atoms with van der Waals surface area (Å²) in [4.78, 5) is 22.9. The molecule has 1 heterocycles. The number of ether oxygens (including phenoxy) is 3. The van der Waals surface area contributed by atoms with E-state index in [2.05, 4.69) is 5.32 Å². The number of carbonyl (C=O) groups excluding carboxylic acids is 1. The minimum atomic E-state index is -0.621. The Balaban J connectivity index is 1.77. The average molecular weight is 330 g/mol. The van der Waals surface area contributed by atoms with E-state index < -0.39 is 10.8 Å². The standard InChI is InChI=1S/C16H14N2O6/c1-22-11-4-2-10(3-5-11)8-17-16(19)12-6-14-15(24-9-23-14)7-13(12)18(20)21/h2-7H,8-9H2,1H3,(H,17,19). The van der Waals surface area contributed by atoms with Crippen LogP contribution in [0.1, 0.15) is 15.9 Å². The van der Waals surface area contributed by atoms with Crippen molar-refractivity contribution in [2.45, 2.75) is 6.54 Å². The molecular formula is C16H14N2O6. The normalized spacial score (nSPS) is 11.9. The van der Waals surface area contributed by atoms with Crippen LogP contribution < -0.4 is 19.5 Å². The summed E-state index contributed by atoms with van der Waals surface area (Å²) in [5.74, 6) is 0.718. The molecule has 0 spiro atoms. The molecule has 0 atom stereocenters. The van der Waals surface area contributed by atoms with Gasteiger partial charge in [-0.25, -0.2) is 0 Å². The third kappa shape index (κ3) is 3.07. The average Bonchev–Trinajstić information content (AvgIpc) is 3.06. The van der Waals surface area contributed by atoms with Gasteiger partial charge < -0.3 is 19.5 Å². The van der Waals surface area contributed by atoms with Crippen molar-refractivity contribution in [2.75, 3.05) is 13.9 Å². The number of carbonyl (C=O) groups is 1. The minimum absolute atomic E-state index is 0.0244. The Labute approximate surface area is 137 Å². The quantitative estimate of drug-likeness (QED) is 0.667. The first-order valence-electron chi connectivity index (χ1n) is 7.07. The van der Waals surface area contributed by atoms with Gasteiger partial charge in [-0.05, 0) is 17.7 Å². The number of nitrogens with zero attached hydrogens (tertiary/aromatic N) is 1. The zero-order valence-electron chi connectivity index (χ0n) is 12.8. The molecule has 1 N–H and O–H groups in total. The summed E-state index contributed by atoms with van der Waals surface area (Å²) in [7, 11) is 1.57. The van der Waals surface area contributed by atoms with E-state index in [1.54, 1.807) is 31.4 Å². The van der Waals surface area contributed by atoms with E-state index in [0.717, 1.165) is 5.56 Å². The summed E-state index contributed by atoms with van der Waals surface area (Å²) in [6.45, 7) is 0.206. The van der Waals surface area contributed by atoms with Crippen molar-refractivity contribution in [3.05, 3.63) is 57.6 Å². The van der Waals surface area contributed by atoms with Crippen LogP contribution in [0.4, 0.5) is 5.69 Å². The second-order valence-electron chi connectivity index (χ2n) is 5.01. The maximum atomic E-state index is 12.3. The molecule has 0 fully saturated rings. The highest BCUT2D eigenvalue weighted by Gasteiger charge is 2.27. The first-order chi connectivity index (χ1) is 11.6. The second-order valence-corrected chi connectivity index (χ2v) is 5.01. The molecule has 2 aromatic carbocycles. The highest BCUT2D eigenvalue weighted by molar-refractivity contribution is 5.99. The lowest BCUT2D eigenvalue weighted by Gasteiger charge is -2.08. The Kier molecular flexibility index (Phi) is 4.19. The molecule has 1 aliphatic rings. The number of benzene rings is 2. The number of methoxy groups -OCH3 is 1. The lowest BCUT2D eigenvalue weighted by Crippen LogP contribution is -2.23. The molecule has 24 heavy (non-hydrogen) atoms. The molecule has 8 heteroatoms. The Hall–Kier alpha value is -3.29. The van der Waals surface area contributed by atoms with E-state index >= 15 is 0 Å². The van der Waals surface area contributed by atoms with Crippen molar-refractivity contribution < 1.29 is 23.9 Å². The lowest BCUT2D eigenvalue weighted by molar-refractivity contribution is -0.385. The molecule has 0 saturated carbocycles. The highest BCUT2D eigenvalue weighted by Crippen LogP contribution is 2.37. The molecular weight excluding hydrogens is 316 g/mol. The molecule has 0 saturated heterocycles. The van der Waals surface area contributed by atoms with Crippen LogP contribution in [0, 0.1) is 10.1 Å². The minimum Gasteiger partial charge on any atom is -0.497 e. The molecule has 124 valence electrons. The van der Waals surface area contributed by atoms with Crippen molar-refractivity contribution in [3.63, 3.8) is 0 Å². The third-order valence-corrected chi connectivity index (χ3v) is 3.54. The van der Waals surface area contributed by atoms with Crippen LogP contribution >= 0.6 is 0 Å². The molecule has 3 rings (SSSR count). The zero-order chi connectivity index (χ0) is 17.1. The van der Waals surface area contributed by atoms with Gasteiger partial charge in [-0.2, -0.15) is 0 Å². The van der Waals surface area contributed by atoms with Gasteiger partial charge in [0.15, 0.2) is 11.5 Å². The van der Waals surface area contributed by atoms with E-state index in [1.807, 2.05) is 0 Å². The number of nitrogens with one attached hydrogen (secondary N) is 1. The Morgan fingerprint density at radius 1 is 1.25 bits per heavy atom. The van der Waals surface area contributed by atoms with Crippen LogP contribution in [0.25, 0.3) is 0 Å². The van der Waals surface area contributed by atoms with E-state index in [4.69, 9.17) is 14.2 Å². The zero-order valence-corrected chi connectivity index (χ0v) is 12.8. The van der Waals surface area contributed by atoms with Gasteiger partial charge in [-0.1, -0.05) is 12.1 Å². The smallest absolute Gasteiger partial charge is 0.286 e. The number of fused-ring (bicyclic) bond motifs is 1. The van der Waals surface area contributed by atoms with Crippen molar-refractivity contribution in [1.82, 2.24) is 5.32 Å². The maximum absolute atomic E-state index is 12.3. The number of hydrogen-bond donors (Lipinski definition) is 1. The Morgan fingerprint density at radius 3 is 2.54 bits per heavy atom. The molecule has 0 radical (unpaired) electrons. The van der Waals surface area contributed by atoms with E-state index in [-0.39, 0.29) is 30.3 Å². The summed E-state index contributed by atoms with van der Waals surface area (Å²) in [5, 5.41) is 13.8.